The van der Waals surface area contributed by atoms with E-state index in [2.05, 4.69) is 41.3 Å². The monoisotopic (exact) mass is 475 g/mol. The Morgan fingerprint density at radius 2 is 2.09 bits per heavy atom. The van der Waals surface area contributed by atoms with E-state index in [0.717, 1.165) is 62.6 Å². The number of nitrogens with one attached hydrogen (secondary N) is 1. The van der Waals surface area contributed by atoms with Crippen molar-refractivity contribution in [2.24, 2.45) is 33.7 Å². The number of hydrogen-bond acceptors (Lipinski definition) is 5. The van der Waals surface area contributed by atoms with Crippen LogP contribution in [0.5, 0.6) is 0 Å². The van der Waals surface area contributed by atoms with E-state index in [4.69, 9.17) is 11.3 Å². The molecule has 186 valence electrons. The molecular formula is C29H37N3O3. The summed E-state index contributed by atoms with van der Waals surface area (Å²) in [5.41, 5.74) is 2.41. The standard InChI is InChI=1S/C29H37N3O3/c1-4-29(34)14-11-25-23-8-7-21-16-22(9-12-27(21,2)24(23)10-13-28(25,29)3)32-35-19-26(33)31-18-20-6-5-15-30-17-20/h1,5-6,15-17,23-25,34H,7-14,18-19H2,2-3H3,(H,31,33)/t23-,24-,25-,27+,28-,29-/m1/s1. The Morgan fingerprint density at radius 1 is 1.26 bits per heavy atom. The zero-order chi connectivity index (χ0) is 24.7. The van der Waals surface area contributed by atoms with Crippen LogP contribution in [-0.2, 0) is 16.2 Å². The second kappa shape index (κ2) is 9.09. The van der Waals surface area contributed by atoms with Gasteiger partial charge in [-0.1, -0.05) is 36.6 Å². The first-order valence-electron chi connectivity index (χ1n) is 13.0. The summed E-state index contributed by atoms with van der Waals surface area (Å²) in [6.45, 7) is 5.01. The van der Waals surface area contributed by atoms with E-state index in [-0.39, 0.29) is 23.3 Å². The van der Waals surface area contributed by atoms with Gasteiger partial charge in [0.2, 0.25) is 0 Å². The number of terminal acetylenes is 1. The van der Waals surface area contributed by atoms with Crippen LogP contribution in [0.15, 0.2) is 41.3 Å². The average Bonchev–Trinajstić information content (AvgIpc) is 3.14. The van der Waals surface area contributed by atoms with Crippen molar-refractivity contribution >= 4 is 11.6 Å². The summed E-state index contributed by atoms with van der Waals surface area (Å²) in [7, 11) is 0. The molecule has 3 saturated carbocycles. The van der Waals surface area contributed by atoms with Gasteiger partial charge in [0.15, 0.2) is 6.61 Å². The number of oxime groups is 1. The zero-order valence-electron chi connectivity index (χ0n) is 20.9. The van der Waals surface area contributed by atoms with Crippen LogP contribution in [0.2, 0.25) is 0 Å². The second-order valence-electron chi connectivity index (χ2n) is 11.5. The maximum atomic E-state index is 12.1. The molecule has 0 aliphatic heterocycles. The van der Waals surface area contributed by atoms with Gasteiger partial charge in [0.05, 0.1) is 5.71 Å². The molecule has 1 heterocycles. The van der Waals surface area contributed by atoms with Crippen LogP contribution in [0.25, 0.3) is 0 Å². The SMILES string of the molecule is C#C[C@@]1(O)CC[C@@H]2[C@@H]3CCC4=CC(=NOCC(=O)NCc5cccnc5)CC[C@]4(C)[C@@H]3CC[C@]21C. The average molecular weight is 476 g/mol. The predicted octanol–water partition coefficient (Wildman–Crippen LogP) is 4.40. The number of aliphatic hydroxyl groups is 1. The molecule has 1 aromatic rings. The molecule has 4 aliphatic carbocycles. The number of nitrogens with zero attached hydrogens (tertiary/aromatic N) is 2. The normalized spacial score (nSPS) is 39.0. The van der Waals surface area contributed by atoms with Crippen LogP contribution in [0.4, 0.5) is 0 Å². The molecule has 0 aromatic carbocycles. The lowest BCUT2D eigenvalue weighted by Gasteiger charge is -2.58. The Bertz CT molecular complexity index is 1080. The molecule has 2 N–H and O–H groups in total. The van der Waals surface area contributed by atoms with Gasteiger partial charge in [0, 0.05) is 24.4 Å². The number of pyridine rings is 1. The lowest BCUT2D eigenvalue weighted by atomic mass is 9.46. The summed E-state index contributed by atoms with van der Waals surface area (Å²) in [6.07, 6.45) is 19.5. The van der Waals surface area contributed by atoms with E-state index in [1.54, 1.807) is 12.4 Å². The van der Waals surface area contributed by atoms with Crippen molar-refractivity contribution in [3.05, 3.63) is 41.7 Å². The van der Waals surface area contributed by atoms with Crippen molar-refractivity contribution in [1.82, 2.24) is 10.3 Å². The van der Waals surface area contributed by atoms with E-state index < -0.39 is 5.60 Å². The van der Waals surface area contributed by atoms with Crippen molar-refractivity contribution in [3.63, 3.8) is 0 Å². The Balaban J connectivity index is 1.21. The fraction of sp³-hybridized carbons (Fsp3) is 0.621. The lowest BCUT2D eigenvalue weighted by Crippen LogP contribution is -2.54. The maximum absolute atomic E-state index is 12.1. The molecule has 0 saturated heterocycles. The molecular weight excluding hydrogens is 438 g/mol. The van der Waals surface area contributed by atoms with Gasteiger partial charge in [0.25, 0.3) is 5.91 Å². The molecule has 1 amide bonds. The summed E-state index contributed by atoms with van der Waals surface area (Å²) in [6, 6.07) is 3.77. The molecule has 5 rings (SSSR count). The van der Waals surface area contributed by atoms with Gasteiger partial charge in [-0.15, -0.1) is 6.42 Å². The van der Waals surface area contributed by atoms with Crippen molar-refractivity contribution in [2.45, 2.75) is 77.4 Å². The first kappa shape index (κ1) is 24.1. The molecule has 0 radical (unpaired) electrons. The zero-order valence-corrected chi connectivity index (χ0v) is 20.9. The number of rotatable bonds is 5. The number of carbonyl (C=O) groups is 1. The van der Waals surface area contributed by atoms with Gasteiger partial charge in [-0.25, -0.2) is 0 Å². The van der Waals surface area contributed by atoms with E-state index >= 15 is 0 Å². The molecule has 0 unspecified atom stereocenters. The highest BCUT2D eigenvalue weighted by molar-refractivity contribution is 5.96. The molecule has 3 fully saturated rings. The largest absolute Gasteiger partial charge is 0.385 e. The minimum Gasteiger partial charge on any atom is -0.385 e. The Morgan fingerprint density at radius 3 is 2.86 bits per heavy atom. The van der Waals surface area contributed by atoms with Crippen molar-refractivity contribution in [2.75, 3.05) is 6.61 Å². The highest BCUT2D eigenvalue weighted by atomic mass is 16.6. The summed E-state index contributed by atoms with van der Waals surface area (Å²) in [5, 5.41) is 18.3. The molecule has 35 heavy (non-hydrogen) atoms. The van der Waals surface area contributed by atoms with Crippen LogP contribution in [-0.4, -0.2) is 33.9 Å². The van der Waals surface area contributed by atoms with Gasteiger partial charge in [-0.2, -0.15) is 0 Å². The number of fused-ring (bicyclic) bond motifs is 5. The molecule has 6 nitrogen and oxygen atoms in total. The third-order valence-electron chi connectivity index (χ3n) is 9.96. The van der Waals surface area contributed by atoms with Gasteiger partial charge in [-0.05, 0) is 92.2 Å². The van der Waals surface area contributed by atoms with Crippen LogP contribution >= 0.6 is 0 Å². The van der Waals surface area contributed by atoms with Gasteiger partial charge in [0.1, 0.15) is 5.60 Å². The van der Waals surface area contributed by atoms with Crippen molar-refractivity contribution in [3.8, 4) is 12.3 Å². The third-order valence-corrected chi connectivity index (χ3v) is 9.96. The van der Waals surface area contributed by atoms with Crippen LogP contribution in [0.1, 0.15) is 70.8 Å². The number of hydrogen-bond donors (Lipinski definition) is 2. The Hall–Kier alpha value is -2.65. The van der Waals surface area contributed by atoms with E-state index in [9.17, 15) is 9.90 Å². The Kier molecular flexibility index (Phi) is 6.25. The first-order chi connectivity index (χ1) is 16.8. The third kappa shape index (κ3) is 4.08. The fourth-order valence-electron chi connectivity index (χ4n) is 7.82. The smallest absolute Gasteiger partial charge is 0.261 e. The number of aromatic nitrogens is 1. The molecule has 6 heteroatoms. The minimum atomic E-state index is -0.951. The first-order valence-corrected chi connectivity index (χ1v) is 13.0. The highest BCUT2D eigenvalue weighted by Gasteiger charge is 2.63. The van der Waals surface area contributed by atoms with Crippen LogP contribution in [0, 0.1) is 40.9 Å². The Labute approximate surface area is 208 Å². The summed E-state index contributed by atoms with van der Waals surface area (Å²) in [5.74, 6) is 4.33. The van der Waals surface area contributed by atoms with Crippen molar-refractivity contribution in [1.29, 1.82) is 0 Å². The molecule has 4 aliphatic rings. The highest BCUT2D eigenvalue weighted by Crippen LogP contribution is 2.67. The molecule has 6 atom stereocenters. The van der Waals surface area contributed by atoms with E-state index in [1.807, 2.05) is 12.1 Å². The van der Waals surface area contributed by atoms with Crippen LogP contribution in [0.3, 0.4) is 0 Å². The van der Waals surface area contributed by atoms with Crippen molar-refractivity contribution < 1.29 is 14.7 Å². The minimum absolute atomic E-state index is 0.0900. The fourth-order valence-corrected chi connectivity index (χ4v) is 7.82. The van der Waals surface area contributed by atoms with Gasteiger partial charge >= 0.3 is 0 Å². The van der Waals surface area contributed by atoms with Crippen LogP contribution < -0.4 is 5.32 Å². The number of allylic oxidation sites excluding steroid dienone is 2. The molecule has 1 aromatic heterocycles. The summed E-state index contributed by atoms with van der Waals surface area (Å²) in [4.78, 5) is 21.6. The number of amides is 1. The summed E-state index contributed by atoms with van der Waals surface area (Å²) >= 11 is 0. The summed E-state index contributed by atoms with van der Waals surface area (Å²) < 4.78 is 0. The molecule has 0 spiro atoms. The number of carbonyl (C=O) groups excluding carboxylic acids is 1. The topological polar surface area (TPSA) is 83.8 Å². The maximum Gasteiger partial charge on any atom is 0.261 e. The quantitative estimate of drug-likeness (QED) is 0.488. The lowest BCUT2D eigenvalue weighted by molar-refractivity contribution is -0.125. The predicted molar refractivity (Wildman–Crippen MR) is 135 cm³/mol. The van der Waals surface area contributed by atoms with E-state index in [1.165, 1.54) is 5.57 Å². The van der Waals surface area contributed by atoms with E-state index in [0.29, 0.717) is 24.3 Å². The van der Waals surface area contributed by atoms with Gasteiger partial charge < -0.3 is 15.3 Å². The van der Waals surface area contributed by atoms with Gasteiger partial charge in [-0.3, -0.25) is 9.78 Å². The second-order valence-corrected chi connectivity index (χ2v) is 11.5. The molecule has 0 bridgehead atoms.